The van der Waals surface area contributed by atoms with Gasteiger partial charge in [-0.3, -0.25) is 9.69 Å². The highest BCUT2D eigenvalue weighted by Gasteiger charge is 2.39. The van der Waals surface area contributed by atoms with E-state index in [2.05, 4.69) is 16.3 Å². The van der Waals surface area contributed by atoms with Gasteiger partial charge in [0.1, 0.15) is 17.2 Å². The Kier molecular flexibility index (Phi) is 7.72. The Bertz CT molecular complexity index is 1060. The number of nitrogens with one attached hydrogen (secondary N) is 1. The molecule has 5 rings (SSSR count). The number of hydrogen-bond donors (Lipinski definition) is 2. The van der Waals surface area contributed by atoms with Gasteiger partial charge >= 0.3 is 5.97 Å². The molecule has 0 radical (unpaired) electrons. The van der Waals surface area contributed by atoms with Gasteiger partial charge in [0.05, 0.1) is 26.2 Å². The van der Waals surface area contributed by atoms with Crippen LogP contribution in [0.2, 0.25) is 0 Å². The predicted molar refractivity (Wildman–Crippen MR) is 136 cm³/mol. The summed E-state index contributed by atoms with van der Waals surface area (Å²) in [6.45, 7) is 4.44. The average Bonchev–Trinajstić information content (AvgIpc) is 3.22. The quantitative estimate of drug-likeness (QED) is 0.484. The van der Waals surface area contributed by atoms with Crippen LogP contribution >= 0.6 is 0 Å². The Hall–Kier alpha value is -2.71. The van der Waals surface area contributed by atoms with Crippen LogP contribution in [0.15, 0.2) is 36.4 Å². The summed E-state index contributed by atoms with van der Waals surface area (Å²) in [6.07, 6.45) is 3.65. The van der Waals surface area contributed by atoms with Gasteiger partial charge in [0.15, 0.2) is 0 Å². The van der Waals surface area contributed by atoms with E-state index in [9.17, 15) is 9.90 Å². The minimum absolute atomic E-state index is 0.00174. The Morgan fingerprint density at radius 1 is 1.33 bits per heavy atom. The molecule has 4 heterocycles. The lowest BCUT2D eigenvalue weighted by molar-refractivity contribution is -0.137. The van der Waals surface area contributed by atoms with Gasteiger partial charge in [-0.05, 0) is 61.4 Å². The highest BCUT2D eigenvalue weighted by Crippen LogP contribution is 2.34. The van der Waals surface area contributed by atoms with E-state index in [1.165, 1.54) is 5.56 Å². The Labute approximate surface area is 212 Å². The number of halogens is 1. The molecule has 0 saturated carbocycles. The molecule has 7 nitrogen and oxygen atoms in total. The average molecular weight is 498 g/mol. The number of nitrogens with zero attached hydrogens (tertiary/aromatic N) is 2. The number of ether oxygens (including phenoxy) is 2. The van der Waals surface area contributed by atoms with Crippen LogP contribution in [0, 0.1) is 5.92 Å². The molecule has 8 heteroatoms. The van der Waals surface area contributed by atoms with Crippen molar-refractivity contribution in [3.8, 4) is 5.75 Å². The third-order valence-corrected chi connectivity index (χ3v) is 7.59. The first kappa shape index (κ1) is 25.0. The van der Waals surface area contributed by atoms with Crippen molar-refractivity contribution in [1.82, 2.24) is 9.88 Å². The van der Waals surface area contributed by atoms with Crippen LogP contribution in [0.5, 0.6) is 5.75 Å². The minimum Gasteiger partial charge on any atom is -0.493 e. The molecule has 2 saturated heterocycles. The van der Waals surface area contributed by atoms with Gasteiger partial charge in [0, 0.05) is 43.7 Å². The number of carbonyl (C=O) groups is 1. The second-order valence-electron chi connectivity index (χ2n) is 10.6. The van der Waals surface area contributed by atoms with E-state index in [1.54, 1.807) is 0 Å². The smallest absolute Gasteiger partial charge is 0.304 e. The predicted octanol–water partition coefficient (Wildman–Crippen LogP) is 4.07. The monoisotopic (exact) mass is 497 g/mol. The lowest BCUT2D eigenvalue weighted by Gasteiger charge is -2.27. The molecule has 36 heavy (non-hydrogen) atoms. The number of fused-ring (bicyclic) bond motifs is 1. The van der Waals surface area contributed by atoms with Crippen molar-refractivity contribution in [2.45, 2.75) is 50.1 Å². The summed E-state index contributed by atoms with van der Waals surface area (Å²) in [5, 5.41) is 12.9. The van der Waals surface area contributed by atoms with E-state index in [-0.39, 0.29) is 12.3 Å². The van der Waals surface area contributed by atoms with Crippen molar-refractivity contribution in [3.05, 3.63) is 53.2 Å². The van der Waals surface area contributed by atoms with Crippen molar-refractivity contribution in [1.29, 1.82) is 0 Å². The van der Waals surface area contributed by atoms with Crippen LogP contribution in [0.3, 0.4) is 0 Å². The first-order valence-electron chi connectivity index (χ1n) is 13.1. The molecule has 2 aromatic rings. The van der Waals surface area contributed by atoms with E-state index < -0.39 is 11.6 Å². The van der Waals surface area contributed by atoms with E-state index in [0.717, 1.165) is 55.4 Å². The third kappa shape index (κ3) is 6.34. The van der Waals surface area contributed by atoms with Crippen molar-refractivity contribution >= 4 is 11.8 Å². The molecule has 0 unspecified atom stereocenters. The van der Waals surface area contributed by atoms with E-state index >= 15 is 4.39 Å². The zero-order valence-electron chi connectivity index (χ0n) is 20.8. The van der Waals surface area contributed by atoms with Crippen LogP contribution in [-0.4, -0.2) is 72.6 Å². The molecule has 0 spiro atoms. The number of hydrogen-bond acceptors (Lipinski definition) is 6. The molecule has 2 atom stereocenters. The SMILES string of the molecule is O=C(O)C[C@H](CN1CC[C@@](F)(CCc2ccc3c(n2)NCCC3)C1)c1cccc(OCC2COC2)c1. The second-order valence-corrected chi connectivity index (χ2v) is 10.6. The molecule has 2 fully saturated rings. The zero-order chi connectivity index (χ0) is 25.0. The molecule has 194 valence electrons. The fourth-order valence-electron chi connectivity index (χ4n) is 5.40. The summed E-state index contributed by atoms with van der Waals surface area (Å²) in [5.41, 5.74) is 1.80. The van der Waals surface area contributed by atoms with Crippen LogP contribution < -0.4 is 10.1 Å². The fraction of sp³-hybridized carbons (Fsp3) is 0.571. The van der Waals surface area contributed by atoms with Gasteiger partial charge in [-0.2, -0.15) is 0 Å². The summed E-state index contributed by atoms with van der Waals surface area (Å²) in [4.78, 5) is 18.4. The van der Waals surface area contributed by atoms with Crippen LogP contribution in [0.4, 0.5) is 10.2 Å². The van der Waals surface area contributed by atoms with Gasteiger partial charge < -0.3 is 19.9 Å². The van der Waals surface area contributed by atoms with Gasteiger partial charge in [-0.15, -0.1) is 0 Å². The van der Waals surface area contributed by atoms with E-state index in [1.807, 2.05) is 30.3 Å². The lowest BCUT2D eigenvalue weighted by Crippen LogP contribution is -2.33. The van der Waals surface area contributed by atoms with Crippen molar-refractivity contribution in [2.24, 2.45) is 5.92 Å². The molecular formula is C28H36FN3O4. The summed E-state index contributed by atoms with van der Waals surface area (Å²) >= 11 is 0. The van der Waals surface area contributed by atoms with E-state index in [4.69, 9.17) is 14.5 Å². The number of likely N-dealkylation sites (tertiary alicyclic amines) is 1. The molecule has 1 aromatic heterocycles. The van der Waals surface area contributed by atoms with Gasteiger partial charge in [0.25, 0.3) is 0 Å². The number of carboxylic acids is 1. The Morgan fingerprint density at radius 2 is 2.22 bits per heavy atom. The number of benzene rings is 1. The Balaban J connectivity index is 1.18. The van der Waals surface area contributed by atoms with Crippen molar-refractivity contribution < 1.29 is 23.8 Å². The molecule has 3 aliphatic rings. The second kappa shape index (κ2) is 11.1. The zero-order valence-corrected chi connectivity index (χ0v) is 20.8. The maximum atomic E-state index is 15.8. The summed E-state index contributed by atoms with van der Waals surface area (Å²) in [6, 6.07) is 11.8. The molecule has 0 bridgehead atoms. The largest absolute Gasteiger partial charge is 0.493 e. The summed E-state index contributed by atoms with van der Waals surface area (Å²) in [7, 11) is 0. The number of alkyl halides is 1. The van der Waals surface area contributed by atoms with Gasteiger partial charge in [-0.25, -0.2) is 9.37 Å². The molecule has 1 aromatic carbocycles. The van der Waals surface area contributed by atoms with E-state index in [0.29, 0.717) is 51.4 Å². The summed E-state index contributed by atoms with van der Waals surface area (Å²) < 4.78 is 26.9. The maximum Gasteiger partial charge on any atom is 0.304 e. The van der Waals surface area contributed by atoms with Gasteiger partial charge in [-0.1, -0.05) is 18.2 Å². The lowest BCUT2D eigenvalue weighted by atomic mass is 9.94. The first-order chi connectivity index (χ1) is 17.5. The number of anilines is 1. The number of carboxylic acid groups (broad SMARTS) is 1. The van der Waals surface area contributed by atoms with Crippen LogP contribution in [0.1, 0.15) is 48.4 Å². The first-order valence-corrected chi connectivity index (χ1v) is 13.1. The molecular weight excluding hydrogens is 461 g/mol. The number of aromatic nitrogens is 1. The van der Waals surface area contributed by atoms with Crippen molar-refractivity contribution in [3.63, 3.8) is 0 Å². The standard InChI is InChI=1S/C28H36FN3O4/c29-28(9-8-24-7-6-21-4-2-11-30-27(21)31-24)10-12-32(19-28)15-23(14-26(33)34)22-3-1-5-25(13-22)36-18-20-16-35-17-20/h1,3,5-7,13,20,23H,2,4,8-12,14-19H2,(H,30,31)(H,33,34)/t23-,28+/m1/s1. The maximum absolute atomic E-state index is 15.8. The number of aliphatic carboxylic acids is 1. The fourth-order valence-corrected chi connectivity index (χ4v) is 5.40. The normalized spacial score (nSPS) is 22.9. The number of aryl methyl sites for hydroxylation is 2. The topological polar surface area (TPSA) is 83.9 Å². The van der Waals surface area contributed by atoms with Crippen LogP contribution in [0.25, 0.3) is 0 Å². The summed E-state index contributed by atoms with van der Waals surface area (Å²) in [5.74, 6) is 1.02. The Morgan fingerprint density at radius 3 is 3.03 bits per heavy atom. The minimum atomic E-state index is -1.28. The number of pyridine rings is 1. The molecule has 3 aliphatic heterocycles. The highest BCUT2D eigenvalue weighted by atomic mass is 19.1. The molecule has 0 aliphatic carbocycles. The van der Waals surface area contributed by atoms with Gasteiger partial charge in [0.2, 0.25) is 0 Å². The van der Waals surface area contributed by atoms with Crippen LogP contribution in [-0.2, 0) is 22.4 Å². The third-order valence-electron chi connectivity index (χ3n) is 7.59. The number of rotatable bonds is 11. The molecule has 2 N–H and O–H groups in total. The van der Waals surface area contributed by atoms with Crippen molar-refractivity contribution in [2.75, 3.05) is 51.3 Å². The highest BCUT2D eigenvalue weighted by molar-refractivity contribution is 5.68. The molecule has 0 amide bonds.